The number of amides is 2. The summed E-state index contributed by atoms with van der Waals surface area (Å²) in [5, 5.41) is 2.89. The zero-order chi connectivity index (χ0) is 21.2. The lowest BCUT2D eigenvalue weighted by Crippen LogP contribution is -2.45. The molecule has 2 rings (SSSR count). The van der Waals surface area contributed by atoms with Crippen molar-refractivity contribution in [1.29, 1.82) is 0 Å². The van der Waals surface area contributed by atoms with Crippen LogP contribution in [0.25, 0.3) is 0 Å². The third kappa shape index (κ3) is 7.61. The Hall–Kier alpha value is -2.22. The monoisotopic (exact) mass is 411 g/mol. The number of nitrogens with one attached hydrogen (secondary N) is 1. The van der Waals surface area contributed by atoms with Gasteiger partial charge in [-0.05, 0) is 63.9 Å². The van der Waals surface area contributed by atoms with Gasteiger partial charge in [-0.2, -0.15) is 8.78 Å². The van der Waals surface area contributed by atoms with E-state index in [0.717, 1.165) is 44.6 Å². The summed E-state index contributed by atoms with van der Waals surface area (Å²) >= 11 is 0. The number of piperidine rings is 1. The Morgan fingerprint density at radius 3 is 2.34 bits per heavy atom. The van der Waals surface area contributed by atoms with Crippen LogP contribution >= 0.6 is 0 Å². The smallest absolute Gasteiger partial charge is 0.387 e. The van der Waals surface area contributed by atoms with Crippen LogP contribution in [-0.2, 0) is 16.0 Å². The molecule has 0 aliphatic carbocycles. The first-order chi connectivity index (χ1) is 13.9. The molecule has 1 aliphatic rings. The molecule has 1 fully saturated rings. The van der Waals surface area contributed by atoms with E-state index in [1.54, 1.807) is 12.1 Å². The van der Waals surface area contributed by atoms with E-state index in [1.165, 1.54) is 12.1 Å². The molecule has 2 amide bonds. The van der Waals surface area contributed by atoms with Gasteiger partial charge in [-0.25, -0.2) is 0 Å². The molecule has 0 unspecified atom stereocenters. The quantitative estimate of drug-likeness (QED) is 0.643. The lowest BCUT2D eigenvalue weighted by atomic mass is 9.95. The second-order valence-electron chi connectivity index (χ2n) is 7.18. The van der Waals surface area contributed by atoms with Crippen LogP contribution in [0.4, 0.5) is 8.78 Å². The largest absolute Gasteiger partial charge is 0.435 e. The Labute approximate surface area is 171 Å². The Morgan fingerprint density at radius 1 is 1.17 bits per heavy atom. The van der Waals surface area contributed by atoms with Crippen molar-refractivity contribution < 1.29 is 23.1 Å². The molecule has 1 aliphatic heterocycles. The predicted molar refractivity (Wildman–Crippen MR) is 107 cm³/mol. The average molecular weight is 411 g/mol. The van der Waals surface area contributed by atoms with Crippen molar-refractivity contribution in [3.05, 3.63) is 29.8 Å². The van der Waals surface area contributed by atoms with Gasteiger partial charge < -0.3 is 15.0 Å². The second kappa shape index (κ2) is 11.7. The van der Waals surface area contributed by atoms with Crippen LogP contribution in [0.1, 0.15) is 32.3 Å². The van der Waals surface area contributed by atoms with E-state index in [1.807, 2.05) is 18.7 Å². The summed E-state index contributed by atoms with van der Waals surface area (Å²) in [5.41, 5.74) is 0.933. The molecule has 1 heterocycles. The molecular formula is C21H31F2N3O3. The molecule has 1 N–H and O–H groups in total. The average Bonchev–Trinajstić information content (AvgIpc) is 2.70. The van der Waals surface area contributed by atoms with Crippen LogP contribution in [0.2, 0.25) is 0 Å². The zero-order valence-electron chi connectivity index (χ0n) is 17.2. The van der Waals surface area contributed by atoms with Crippen molar-refractivity contribution in [3.63, 3.8) is 0 Å². The molecule has 1 saturated heterocycles. The number of carbonyl (C=O) groups is 2. The van der Waals surface area contributed by atoms with Crippen LogP contribution < -0.4 is 10.1 Å². The van der Waals surface area contributed by atoms with Crippen molar-refractivity contribution in [1.82, 2.24) is 15.1 Å². The van der Waals surface area contributed by atoms with Gasteiger partial charge in [-0.3, -0.25) is 14.5 Å². The van der Waals surface area contributed by atoms with Crippen molar-refractivity contribution in [2.45, 2.75) is 39.7 Å². The first-order valence-corrected chi connectivity index (χ1v) is 10.2. The summed E-state index contributed by atoms with van der Waals surface area (Å²) in [4.78, 5) is 28.5. The fourth-order valence-electron chi connectivity index (χ4n) is 3.57. The summed E-state index contributed by atoms with van der Waals surface area (Å²) in [6.45, 7) is 4.92. The molecule has 0 spiro atoms. The zero-order valence-corrected chi connectivity index (χ0v) is 17.2. The number of carbonyl (C=O) groups excluding carboxylic acids is 2. The van der Waals surface area contributed by atoms with Gasteiger partial charge in [0, 0.05) is 25.6 Å². The van der Waals surface area contributed by atoms with Gasteiger partial charge in [-0.1, -0.05) is 12.1 Å². The number of rotatable bonds is 10. The first-order valence-electron chi connectivity index (χ1n) is 10.2. The van der Waals surface area contributed by atoms with Crippen molar-refractivity contribution in [2.75, 3.05) is 39.3 Å². The Balaban J connectivity index is 1.65. The van der Waals surface area contributed by atoms with Gasteiger partial charge in [0.1, 0.15) is 5.75 Å². The summed E-state index contributed by atoms with van der Waals surface area (Å²) in [6, 6.07) is 6.41. The van der Waals surface area contributed by atoms with Gasteiger partial charge in [0.15, 0.2) is 0 Å². The molecule has 6 nitrogen and oxygen atoms in total. The standard InChI is InChI=1S/C21H31F2N3O3/c1-3-26(4-2)20(28)17-10-13-25(14-11-17)15-19(27)24-12-9-16-5-7-18(8-6-16)29-21(22)23/h5-8,17,21H,3-4,9-15H2,1-2H3,(H,24,27). The Bertz CT molecular complexity index is 643. The predicted octanol–water partition coefficient (Wildman–Crippen LogP) is 2.53. The van der Waals surface area contributed by atoms with Gasteiger partial charge in [0.05, 0.1) is 6.54 Å². The Kier molecular flexibility index (Phi) is 9.31. The Morgan fingerprint density at radius 2 is 1.79 bits per heavy atom. The minimum absolute atomic E-state index is 0.0452. The molecule has 8 heteroatoms. The molecule has 29 heavy (non-hydrogen) atoms. The van der Waals surface area contributed by atoms with E-state index >= 15 is 0 Å². The molecule has 0 bridgehead atoms. The molecule has 162 valence electrons. The molecular weight excluding hydrogens is 380 g/mol. The van der Waals surface area contributed by atoms with Crippen LogP contribution in [0.5, 0.6) is 5.75 Å². The molecule has 0 saturated carbocycles. The molecule has 0 aromatic heterocycles. The molecule has 1 aromatic rings. The summed E-state index contributed by atoms with van der Waals surface area (Å²) in [6.07, 6.45) is 2.19. The molecule has 0 atom stereocenters. The van der Waals surface area contributed by atoms with E-state index in [2.05, 4.69) is 15.0 Å². The van der Waals surface area contributed by atoms with Gasteiger partial charge in [0.2, 0.25) is 11.8 Å². The number of benzene rings is 1. The van der Waals surface area contributed by atoms with Crippen LogP contribution in [0, 0.1) is 5.92 Å². The topological polar surface area (TPSA) is 61.9 Å². The maximum atomic E-state index is 12.4. The van der Waals surface area contributed by atoms with Crippen molar-refractivity contribution >= 4 is 11.8 Å². The minimum Gasteiger partial charge on any atom is -0.435 e. The van der Waals surface area contributed by atoms with E-state index in [-0.39, 0.29) is 23.5 Å². The van der Waals surface area contributed by atoms with Gasteiger partial charge in [0.25, 0.3) is 0 Å². The highest BCUT2D eigenvalue weighted by Gasteiger charge is 2.28. The lowest BCUT2D eigenvalue weighted by Gasteiger charge is -2.33. The summed E-state index contributed by atoms with van der Waals surface area (Å²) < 4.78 is 28.6. The highest BCUT2D eigenvalue weighted by Crippen LogP contribution is 2.19. The number of nitrogens with zero attached hydrogens (tertiary/aromatic N) is 2. The van der Waals surface area contributed by atoms with E-state index in [0.29, 0.717) is 19.5 Å². The summed E-state index contributed by atoms with van der Waals surface area (Å²) in [7, 11) is 0. The van der Waals surface area contributed by atoms with Gasteiger partial charge in [-0.15, -0.1) is 0 Å². The second-order valence-corrected chi connectivity index (χ2v) is 7.18. The number of alkyl halides is 2. The summed E-state index contributed by atoms with van der Waals surface area (Å²) in [5.74, 6) is 0.363. The van der Waals surface area contributed by atoms with E-state index in [9.17, 15) is 18.4 Å². The minimum atomic E-state index is -2.83. The maximum absolute atomic E-state index is 12.4. The highest BCUT2D eigenvalue weighted by molar-refractivity contribution is 5.79. The number of hydrogen-bond acceptors (Lipinski definition) is 4. The van der Waals surface area contributed by atoms with Gasteiger partial charge >= 0.3 is 6.61 Å². The molecule has 0 radical (unpaired) electrons. The van der Waals surface area contributed by atoms with E-state index in [4.69, 9.17) is 0 Å². The fourth-order valence-corrected chi connectivity index (χ4v) is 3.57. The normalized spacial score (nSPS) is 15.3. The highest BCUT2D eigenvalue weighted by atomic mass is 19.3. The van der Waals surface area contributed by atoms with Crippen LogP contribution in [0.3, 0.4) is 0 Å². The molecule has 1 aromatic carbocycles. The third-order valence-corrected chi connectivity index (χ3v) is 5.26. The lowest BCUT2D eigenvalue weighted by molar-refractivity contribution is -0.136. The number of halogens is 2. The number of likely N-dealkylation sites (tertiary alicyclic amines) is 1. The van der Waals surface area contributed by atoms with Crippen LogP contribution in [-0.4, -0.2) is 67.5 Å². The van der Waals surface area contributed by atoms with Crippen LogP contribution in [0.15, 0.2) is 24.3 Å². The van der Waals surface area contributed by atoms with E-state index < -0.39 is 6.61 Å². The number of hydrogen-bond donors (Lipinski definition) is 1. The third-order valence-electron chi connectivity index (χ3n) is 5.26. The van der Waals surface area contributed by atoms with Crippen molar-refractivity contribution in [3.8, 4) is 5.75 Å². The van der Waals surface area contributed by atoms with Crippen molar-refractivity contribution in [2.24, 2.45) is 5.92 Å². The SMILES string of the molecule is CCN(CC)C(=O)C1CCN(CC(=O)NCCc2ccc(OC(F)F)cc2)CC1. The fraction of sp³-hybridized carbons (Fsp3) is 0.619. The first kappa shape index (κ1) is 23.1. The maximum Gasteiger partial charge on any atom is 0.387 e. The number of ether oxygens (including phenoxy) is 1.